The van der Waals surface area contributed by atoms with Crippen LogP contribution in [0.1, 0.15) is 45.6 Å². The fraction of sp³-hybridized carbons (Fsp3) is 0.474. The smallest absolute Gasteiger partial charge is 0.429 e. The number of nitrogens with zero attached hydrogens (tertiary/aromatic N) is 1. The van der Waals surface area contributed by atoms with Gasteiger partial charge in [0.05, 0.1) is 18.2 Å². The normalized spacial score (nSPS) is 19.1. The Kier molecular flexibility index (Phi) is 6.44. The Morgan fingerprint density at radius 3 is 2.32 bits per heavy atom. The van der Waals surface area contributed by atoms with Gasteiger partial charge in [-0.05, 0) is 39.7 Å². The van der Waals surface area contributed by atoms with E-state index in [1.54, 1.807) is 27.7 Å². The molecule has 0 saturated carbocycles. The number of carbonyl (C=O) groups excluding carboxylic acids is 2. The van der Waals surface area contributed by atoms with Crippen molar-refractivity contribution in [3.8, 4) is 0 Å². The fourth-order valence-electron chi connectivity index (χ4n) is 2.78. The summed E-state index contributed by atoms with van der Waals surface area (Å²) in [5, 5.41) is 1.25. The Morgan fingerprint density at radius 2 is 1.72 bits per heavy atom. The van der Waals surface area contributed by atoms with Gasteiger partial charge in [-0.3, -0.25) is 0 Å². The number of hydrogen-bond acceptors (Lipinski definition) is 4. The molecule has 25 heavy (non-hydrogen) atoms. The third-order valence-corrected chi connectivity index (χ3v) is 3.74. The van der Waals surface area contributed by atoms with Gasteiger partial charge in [0.25, 0.3) is 0 Å². The van der Waals surface area contributed by atoms with Crippen LogP contribution in [0.3, 0.4) is 0 Å². The molecule has 0 radical (unpaired) electrons. The fourth-order valence-corrected chi connectivity index (χ4v) is 2.78. The number of hydrogen-bond donors (Lipinski definition) is 1. The maximum atomic E-state index is 12.5. The molecule has 0 heterocycles. The number of ether oxygens (including phenoxy) is 2. The monoisotopic (exact) mass is 346 g/mol. The predicted octanol–water partition coefficient (Wildman–Crippen LogP) is 4.00. The maximum Gasteiger partial charge on any atom is 0.429 e. The van der Waals surface area contributed by atoms with Gasteiger partial charge in [0.15, 0.2) is 0 Å². The molecule has 1 aromatic carbocycles. The average Bonchev–Trinajstić information content (AvgIpc) is 3.01. The Bertz CT molecular complexity index is 613. The van der Waals surface area contributed by atoms with E-state index in [0.717, 1.165) is 5.56 Å². The van der Waals surface area contributed by atoms with Crippen molar-refractivity contribution in [2.75, 3.05) is 0 Å². The molecule has 0 saturated heterocycles. The SMILES string of the molecule is CC(C)OC(=O)NN(C(=O)OC(C)C)[C@@H]1CC=C[C@H]1c1ccccc1. The van der Waals surface area contributed by atoms with E-state index in [1.165, 1.54) is 5.01 Å². The lowest BCUT2D eigenvalue weighted by Crippen LogP contribution is -2.53. The van der Waals surface area contributed by atoms with E-state index in [1.807, 2.05) is 42.5 Å². The van der Waals surface area contributed by atoms with Gasteiger partial charge in [-0.2, -0.15) is 0 Å². The van der Waals surface area contributed by atoms with Crippen LogP contribution < -0.4 is 5.43 Å². The number of benzene rings is 1. The van der Waals surface area contributed by atoms with Crippen LogP contribution in [0.15, 0.2) is 42.5 Å². The first-order chi connectivity index (χ1) is 11.9. The molecule has 1 aromatic rings. The highest BCUT2D eigenvalue weighted by Crippen LogP contribution is 2.32. The van der Waals surface area contributed by atoms with Gasteiger partial charge in [-0.15, -0.1) is 0 Å². The molecule has 6 heteroatoms. The van der Waals surface area contributed by atoms with Crippen molar-refractivity contribution >= 4 is 12.2 Å². The molecule has 1 aliphatic rings. The second-order valence-corrected chi connectivity index (χ2v) is 6.54. The van der Waals surface area contributed by atoms with E-state index in [-0.39, 0.29) is 24.2 Å². The van der Waals surface area contributed by atoms with Crippen LogP contribution in [0.2, 0.25) is 0 Å². The molecule has 0 aliphatic heterocycles. The van der Waals surface area contributed by atoms with Crippen LogP contribution in [0, 0.1) is 0 Å². The minimum atomic E-state index is -0.672. The van der Waals surface area contributed by atoms with Crippen LogP contribution >= 0.6 is 0 Å². The zero-order valence-corrected chi connectivity index (χ0v) is 15.1. The van der Waals surface area contributed by atoms with Crippen LogP contribution in [0.25, 0.3) is 0 Å². The van der Waals surface area contributed by atoms with E-state index >= 15 is 0 Å². The topological polar surface area (TPSA) is 67.9 Å². The summed E-state index contributed by atoms with van der Waals surface area (Å²) < 4.78 is 10.4. The first-order valence-corrected chi connectivity index (χ1v) is 8.57. The molecule has 1 aliphatic carbocycles. The zero-order chi connectivity index (χ0) is 18.4. The summed E-state index contributed by atoms with van der Waals surface area (Å²) in [4.78, 5) is 24.6. The third-order valence-electron chi connectivity index (χ3n) is 3.74. The van der Waals surface area contributed by atoms with E-state index in [9.17, 15) is 9.59 Å². The highest BCUT2D eigenvalue weighted by Gasteiger charge is 2.35. The number of carbonyl (C=O) groups is 2. The molecule has 2 rings (SSSR count). The second kappa shape index (κ2) is 8.55. The lowest BCUT2D eigenvalue weighted by Gasteiger charge is -2.32. The van der Waals surface area contributed by atoms with Crippen molar-refractivity contribution in [3.05, 3.63) is 48.0 Å². The largest absolute Gasteiger partial charge is 0.446 e. The van der Waals surface area contributed by atoms with E-state index in [0.29, 0.717) is 6.42 Å². The van der Waals surface area contributed by atoms with Gasteiger partial charge in [0.1, 0.15) is 0 Å². The van der Waals surface area contributed by atoms with Gasteiger partial charge < -0.3 is 9.47 Å². The van der Waals surface area contributed by atoms with Crippen molar-refractivity contribution in [1.82, 2.24) is 10.4 Å². The van der Waals surface area contributed by atoms with E-state index in [2.05, 4.69) is 5.43 Å². The van der Waals surface area contributed by atoms with Crippen molar-refractivity contribution in [2.45, 2.75) is 58.3 Å². The van der Waals surface area contributed by atoms with Crippen molar-refractivity contribution in [2.24, 2.45) is 0 Å². The van der Waals surface area contributed by atoms with E-state index in [4.69, 9.17) is 9.47 Å². The molecule has 2 atom stereocenters. The number of nitrogens with one attached hydrogen (secondary N) is 1. The van der Waals surface area contributed by atoms with Gasteiger partial charge in [0.2, 0.25) is 0 Å². The summed E-state index contributed by atoms with van der Waals surface area (Å²) in [5.41, 5.74) is 3.62. The van der Waals surface area contributed by atoms with Crippen LogP contribution in [0.5, 0.6) is 0 Å². The molecule has 6 nitrogen and oxygen atoms in total. The highest BCUT2D eigenvalue weighted by molar-refractivity contribution is 5.74. The summed E-state index contributed by atoms with van der Waals surface area (Å²) in [6.07, 6.45) is 2.84. The van der Waals surface area contributed by atoms with Gasteiger partial charge in [-0.1, -0.05) is 42.5 Å². The first-order valence-electron chi connectivity index (χ1n) is 8.57. The third kappa shape index (κ3) is 5.24. The molecule has 0 fully saturated rings. The van der Waals surface area contributed by atoms with Crippen LogP contribution in [-0.2, 0) is 9.47 Å². The number of amides is 2. The standard InChI is InChI=1S/C19H26N2O4/c1-13(2)24-18(22)20-21(19(23)25-14(3)4)17-12-8-11-16(17)15-9-6-5-7-10-15/h5-11,13-14,16-17H,12H2,1-4H3,(H,20,22)/t16-,17+/m0/s1. The van der Waals surface area contributed by atoms with Crippen LogP contribution in [0.4, 0.5) is 9.59 Å². The van der Waals surface area contributed by atoms with E-state index < -0.39 is 12.2 Å². The zero-order valence-electron chi connectivity index (χ0n) is 15.1. The molecule has 0 spiro atoms. The molecule has 136 valence electrons. The lowest BCUT2D eigenvalue weighted by atomic mass is 9.94. The van der Waals surface area contributed by atoms with Crippen molar-refractivity contribution < 1.29 is 19.1 Å². The Balaban J connectivity index is 2.21. The molecule has 0 aromatic heterocycles. The van der Waals surface area contributed by atoms with Crippen LogP contribution in [-0.4, -0.2) is 35.4 Å². The summed E-state index contributed by atoms with van der Waals surface area (Å²) in [5.74, 6) is -0.0275. The molecular weight excluding hydrogens is 320 g/mol. The Morgan fingerprint density at radius 1 is 1.08 bits per heavy atom. The van der Waals surface area contributed by atoms with Crippen molar-refractivity contribution in [3.63, 3.8) is 0 Å². The average molecular weight is 346 g/mol. The van der Waals surface area contributed by atoms with Gasteiger partial charge in [-0.25, -0.2) is 20.0 Å². The number of hydrazine groups is 1. The summed E-state index contributed by atoms with van der Waals surface area (Å²) in [7, 11) is 0. The predicted molar refractivity (Wildman–Crippen MR) is 94.9 cm³/mol. The molecule has 0 bridgehead atoms. The quantitative estimate of drug-likeness (QED) is 0.661. The molecular formula is C19H26N2O4. The Hall–Kier alpha value is -2.50. The minimum Gasteiger partial charge on any atom is -0.446 e. The molecule has 1 N–H and O–H groups in total. The summed E-state index contributed by atoms with van der Waals surface area (Å²) >= 11 is 0. The highest BCUT2D eigenvalue weighted by atomic mass is 16.6. The Labute approximate surface area is 148 Å². The van der Waals surface area contributed by atoms with Gasteiger partial charge >= 0.3 is 12.2 Å². The first kappa shape index (κ1) is 18.8. The molecule has 0 unspecified atom stereocenters. The second-order valence-electron chi connectivity index (χ2n) is 6.54. The van der Waals surface area contributed by atoms with Crippen molar-refractivity contribution in [1.29, 1.82) is 0 Å². The maximum absolute atomic E-state index is 12.5. The number of rotatable bonds is 4. The lowest BCUT2D eigenvalue weighted by molar-refractivity contribution is 0.0305. The molecule has 2 amide bonds. The summed E-state index contributed by atoms with van der Waals surface area (Å²) in [6.45, 7) is 7.04. The minimum absolute atomic E-state index is 0.0275. The van der Waals surface area contributed by atoms with Gasteiger partial charge in [0, 0.05) is 5.92 Å². The summed E-state index contributed by atoms with van der Waals surface area (Å²) in [6, 6.07) is 9.59.